The van der Waals surface area contributed by atoms with Crippen LogP contribution in [0.5, 0.6) is 0 Å². The number of nitrogens with zero attached hydrogens (tertiary/aromatic N) is 3. The van der Waals surface area contributed by atoms with Crippen LogP contribution >= 0.6 is 0 Å². The maximum Gasteiger partial charge on any atom is 0.284 e. The Morgan fingerprint density at radius 3 is 3.00 bits per heavy atom. The van der Waals surface area contributed by atoms with Crippen molar-refractivity contribution in [2.45, 2.75) is 6.92 Å². The second kappa shape index (κ2) is 3.69. The highest BCUT2D eigenvalue weighted by Gasteiger charge is 2.12. The van der Waals surface area contributed by atoms with Crippen molar-refractivity contribution in [3.63, 3.8) is 0 Å². The van der Waals surface area contributed by atoms with Gasteiger partial charge in [-0.3, -0.25) is 14.2 Å². The van der Waals surface area contributed by atoms with Gasteiger partial charge in [0.1, 0.15) is 6.26 Å². The Morgan fingerprint density at radius 2 is 2.28 bits per heavy atom. The number of aromatic nitrogens is 3. The van der Waals surface area contributed by atoms with Crippen molar-refractivity contribution in [3.8, 4) is 11.3 Å². The van der Waals surface area contributed by atoms with Crippen molar-refractivity contribution in [2.75, 3.05) is 0 Å². The number of imidazole rings is 1. The molecule has 1 amide bonds. The standard InChI is InChI=1S/C12H10N4O2/c1-7-12-14-2-3-16(12)9(5-15-7)8-4-10(11(13)17)18-6-8/h2-6H,1H3,(H2,13,17). The van der Waals surface area contributed by atoms with Crippen LogP contribution in [-0.2, 0) is 0 Å². The van der Waals surface area contributed by atoms with E-state index in [-0.39, 0.29) is 5.76 Å². The molecule has 0 atom stereocenters. The smallest absolute Gasteiger partial charge is 0.284 e. The van der Waals surface area contributed by atoms with E-state index in [1.807, 2.05) is 17.5 Å². The summed E-state index contributed by atoms with van der Waals surface area (Å²) in [6, 6.07) is 1.59. The minimum Gasteiger partial charge on any atom is -0.458 e. The maximum atomic E-state index is 11.0. The number of carbonyl (C=O) groups excluding carboxylic acids is 1. The number of furan rings is 1. The molecule has 3 aromatic heterocycles. The van der Waals surface area contributed by atoms with Gasteiger partial charge >= 0.3 is 0 Å². The Balaban J connectivity index is 2.22. The molecule has 0 saturated carbocycles. The number of nitrogens with two attached hydrogens (primary N) is 1. The van der Waals surface area contributed by atoms with Crippen LogP contribution < -0.4 is 5.73 Å². The average molecular weight is 242 g/mol. The van der Waals surface area contributed by atoms with Gasteiger partial charge in [0, 0.05) is 18.0 Å². The summed E-state index contributed by atoms with van der Waals surface area (Å²) in [7, 11) is 0. The third-order valence-electron chi connectivity index (χ3n) is 2.74. The molecule has 3 heterocycles. The van der Waals surface area contributed by atoms with E-state index in [4.69, 9.17) is 10.2 Å². The molecule has 0 saturated heterocycles. The van der Waals surface area contributed by atoms with Crippen LogP contribution in [0.2, 0.25) is 0 Å². The molecule has 0 aliphatic heterocycles. The first kappa shape index (κ1) is 10.5. The lowest BCUT2D eigenvalue weighted by molar-refractivity contribution is 0.0974. The van der Waals surface area contributed by atoms with E-state index in [1.165, 1.54) is 6.26 Å². The molecule has 6 heteroatoms. The average Bonchev–Trinajstić information content (AvgIpc) is 2.98. The third-order valence-corrected chi connectivity index (χ3v) is 2.74. The van der Waals surface area contributed by atoms with Crippen molar-refractivity contribution in [1.82, 2.24) is 14.4 Å². The first-order valence-electron chi connectivity index (χ1n) is 5.34. The number of hydrogen-bond acceptors (Lipinski definition) is 4. The molecule has 6 nitrogen and oxygen atoms in total. The number of rotatable bonds is 2. The number of fused-ring (bicyclic) bond motifs is 1. The summed E-state index contributed by atoms with van der Waals surface area (Å²) in [6.07, 6.45) is 6.71. The molecular weight excluding hydrogens is 232 g/mol. The minimum atomic E-state index is -0.594. The number of amides is 1. The SMILES string of the molecule is Cc1ncc(-c2coc(C(N)=O)c2)n2ccnc12. The van der Waals surface area contributed by atoms with Crippen molar-refractivity contribution in [2.24, 2.45) is 5.73 Å². The van der Waals surface area contributed by atoms with E-state index < -0.39 is 5.91 Å². The highest BCUT2D eigenvalue weighted by atomic mass is 16.3. The molecule has 0 aromatic carbocycles. The summed E-state index contributed by atoms with van der Waals surface area (Å²) in [4.78, 5) is 19.5. The molecule has 0 bridgehead atoms. The fourth-order valence-electron chi connectivity index (χ4n) is 1.86. The van der Waals surface area contributed by atoms with Gasteiger partial charge in [0.25, 0.3) is 5.91 Å². The van der Waals surface area contributed by atoms with Gasteiger partial charge in [-0.25, -0.2) is 4.98 Å². The van der Waals surface area contributed by atoms with Crippen molar-refractivity contribution < 1.29 is 9.21 Å². The molecule has 0 spiro atoms. The Labute approximate surface area is 102 Å². The number of primary amides is 1. The summed E-state index contributed by atoms with van der Waals surface area (Å²) in [6.45, 7) is 1.89. The van der Waals surface area contributed by atoms with Gasteiger partial charge in [0.2, 0.25) is 0 Å². The predicted molar refractivity (Wildman–Crippen MR) is 63.9 cm³/mol. The normalized spacial score (nSPS) is 10.9. The van der Waals surface area contributed by atoms with Crippen LogP contribution in [0.15, 0.2) is 35.3 Å². The lowest BCUT2D eigenvalue weighted by Crippen LogP contribution is -2.09. The Hall–Kier alpha value is -2.63. The molecule has 0 unspecified atom stereocenters. The van der Waals surface area contributed by atoms with E-state index >= 15 is 0 Å². The molecule has 0 aliphatic rings. The van der Waals surface area contributed by atoms with Gasteiger partial charge < -0.3 is 10.2 Å². The first-order valence-corrected chi connectivity index (χ1v) is 5.34. The largest absolute Gasteiger partial charge is 0.458 e. The van der Waals surface area contributed by atoms with Gasteiger partial charge in [0.15, 0.2) is 11.4 Å². The quantitative estimate of drug-likeness (QED) is 0.735. The second-order valence-electron chi connectivity index (χ2n) is 3.91. The van der Waals surface area contributed by atoms with Gasteiger partial charge in [-0.2, -0.15) is 0 Å². The van der Waals surface area contributed by atoms with E-state index in [9.17, 15) is 4.79 Å². The maximum absolute atomic E-state index is 11.0. The second-order valence-corrected chi connectivity index (χ2v) is 3.91. The third kappa shape index (κ3) is 1.46. The van der Waals surface area contributed by atoms with Gasteiger partial charge in [-0.05, 0) is 13.0 Å². The number of hydrogen-bond donors (Lipinski definition) is 1. The summed E-state index contributed by atoms with van der Waals surface area (Å²) in [5, 5.41) is 0. The molecule has 0 aliphatic carbocycles. The first-order chi connectivity index (χ1) is 8.66. The van der Waals surface area contributed by atoms with Crippen LogP contribution in [-0.4, -0.2) is 20.3 Å². The number of carbonyl (C=O) groups is 1. The zero-order valence-electron chi connectivity index (χ0n) is 9.62. The summed E-state index contributed by atoms with van der Waals surface area (Å²) in [5.41, 5.74) is 8.29. The van der Waals surface area contributed by atoms with Gasteiger partial charge in [-0.15, -0.1) is 0 Å². The van der Waals surface area contributed by atoms with Crippen LogP contribution in [0, 0.1) is 6.92 Å². The summed E-state index contributed by atoms with van der Waals surface area (Å²) < 4.78 is 6.99. The highest BCUT2D eigenvalue weighted by molar-refractivity contribution is 5.91. The highest BCUT2D eigenvalue weighted by Crippen LogP contribution is 2.23. The van der Waals surface area contributed by atoms with Crippen LogP contribution in [0.3, 0.4) is 0 Å². The summed E-state index contributed by atoms with van der Waals surface area (Å²) >= 11 is 0. The monoisotopic (exact) mass is 242 g/mol. The molecule has 18 heavy (non-hydrogen) atoms. The number of aryl methyl sites for hydroxylation is 1. The molecule has 0 fully saturated rings. The van der Waals surface area contributed by atoms with E-state index in [0.717, 1.165) is 22.6 Å². The van der Waals surface area contributed by atoms with Crippen molar-refractivity contribution >= 4 is 11.6 Å². The molecule has 2 N–H and O–H groups in total. The minimum absolute atomic E-state index is 0.124. The Kier molecular flexibility index (Phi) is 2.16. The summed E-state index contributed by atoms with van der Waals surface area (Å²) in [5.74, 6) is -0.470. The van der Waals surface area contributed by atoms with Crippen molar-refractivity contribution in [1.29, 1.82) is 0 Å². The lowest BCUT2D eigenvalue weighted by Gasteiger charge is -2.03. The fourth-order valence-corrected chi connectivity index (χ4v) is 1.86. The zero-order valence-corrected chi connectivity index (χ0v) is 9.62. The van der Waals surface area contributed by atoms with E-state index in [2.05, 4.69) is 9.97 Å². The molecule has 90 valence electrons. The lowest BCUT2D eigenvalue weighted by atomic mass is 10.2. The van der Waals surface area contributed by atoms with Gasteiger partial charge in [0.05, 0.1) is 17.6 Å². The van der Waals surface area contributed by atoms with E-state index in [1.54, 1.807) is 18.5 Å². The Bertz CT molecular complexity index is 741. The van der Waals surface area contributed by atoms with Crippen LogP contribution in [0.4, 0.5) is 0 Å². The molecule has 0 radical (unpaired) electrons. The molecule has 3 aromatic rings. The van der Waals surface area contributed by atoms with Crippen LogP contribution in [0.1, 0.15) is 16.2 Å². The Morgan fingerprint density at radius 1 is 1.44 bits per heavy atom. The van der Waals surface area contributed by atoms with E-state index in [0.29, 0.717) is 0 Å². The van der Waals surface area contributed by atoms with Crippen LogP contribution in [0.25, 0.3) is 16.9 Å². The zero-order chi connectivity index (χ0) is 12.7. The topological polar surface area (TPSA) is 86.4 Å². The molecular formula is C12H10N4O2. The predicted octanol–water partition coefficient (Wildman–Crippen LogP) is 1.40. The molecule has 3 rings (SSSR count). The van der Waals surface area contributed by atoms with Gasteiger partial charge in [-0.1, -0.05) is 0 Å². The fraction of sp³-hybridized carbons (Fsp3) is 0.0833. The van der Waals surface area contributed by atoms with Crippen molar-refractivity contribution in [3.05, 3.63) is 42.4 Å².